The summed E-state index contributed by atoms with van der Waals surface area (Å²) in [6.07, 6.45) is 0. The van der Waals surface area contributed by atoms with Crippen LogP contribution in [0.25, 0.3) is 10.2 Å². The third-order valence-electron chi connectivity index (χ3n) is 4.64. The number of aromatic nitrogens is 1. The molecule has 3 rings (SSSR count). The smallest absolute Gasteiger partial charge is 0.348 e. The summed E-state index contributed by atoms with van der Waals surface area (Å²) in [5, 5.41) is 3.61. The molecule has 0 aliphatic rings. The number of carbonyl (C=O) groups excluding carboxylic acids is 3. The normalized spacial score (nSPS) is 11.0. The van der Waals surface area contributed by atoms with E-state index in [1.807, 2.05) is 26.0 Å². The van der Waals surface area contributed by atoms with Gasteiger partial charge in [0.25, 0.3) is 5.91 Å². The number of amides is 1. The summed E-state index contributed by atoms with van der Waals surface area (Å²) in [4.78, 5) is 43.4. The van der Waals surface area contributed by atoms with Crippen LogP contribution in [0.1, 0.15) is 67.6 Å². The number of ether oxygens (including phenoxy) is 2. The summed E-state index contributed by atoms with van der Waals surface area (Å²) in [5.74, 6) is -1.48. The van der Waals surface area contributed by atoms with Crippen molar-refractivity contribution in [1.29, 1.82) is 0 Å². The molecule has 3 aromatic heterocycles. The zero-order valence-corrected chi connectivity index (χ0v) is 19.5. The molecule has 0 saturated heterocycles. The Bertz CT molecular complexity index is 1180. The number of methoxy groups -OCH3 is 1. The van der Waals surface area contributed by atoms with Crippen LogP contribution >= 0.6 is 22.7 Å². The maximum Gasteiger partial charge on any atom is 0.348 e. The van der Waals surface area contributed by atoms with Gasteiger partial charge in [-0.1, -0.05) is 13.8 Å². The molecular weight excluding hydrogens is 438 g/mol. The molecule has 3 N–H and O–H groups in total. The molecule has 31 heavy (non-hydrogen) atoms. The van der Waals surface area contributed by atoms with Crippen molar-refractivity contribution in [2.75, 3.05) is 24.8 Å². The van der Waals surface area contributed by atoms with Gasteiger partial charge in [-0.05, 0) is 37.5 Å². The first-order chi connectivity index (χ1) is 14.7. The first kappa shape index (κ1) is 22.7. The molecule has 0 radical (unpaired) electrons. The third kappa shape index (κ3) is 4.26. The van der Waals surface area contributed by atoms with Crippen molar-refractivity contribution in [2.45, 2.75) is 33.6 Å². The van der Waals surface area contributed by atoms with E-state index < -0.39 is 17.8 Å². The molecule has 0 unspecified atom stereocenters. The summed E-state index contributed by atoms with van der Waals surface area (Å²) < 4.78 is 9.89. The van der Waals surface area contributed by atoms with Crippen molar-refractivity contribution in [3.05, 3.63) is 38.7 Å². The Hall–Kier alpha value is -2.98. The lowest BCUT2D eigenvalue weighted by Gasteiger charge is -2.05. The number of rotatable bonds is 6. The molecule has 3 heterocycles. The first-order valence-corrected chi connectivity index (χ1v) is 11.2. The molecule has 8 nitrogen and oxygen atoms in total. The highest BCUT2D eigenvalue weighted by molar-refractivity contribution is 7.21. The number of pyridine rings is 1. The molecule has 0 atom stereocenters. The minimum absolute atomic E-state index is 0.115. The van der Waals surface area contributed by atoms with Crippen molar-refractivity contribution in [3.8, 4) is 0 Å². The topological polar surface area (TPSA) is 121 Å². The number of thiophene rings is 2. The van der Waals surface area contributed by atoms with Gasteiger partial charge < -0.3 is 20.5 Å². The van der Waals surface area contributed by atoms with Crippen molar-refractivity contribution in [3.63, 3.8) is 0 Å². The maximum atomic E-state index is 13.0. The monoisotopic (exact) mass is 461 g/mol. The maximum absolute atomic E-state index is 13.0. The molecule has 0 aromatic carbocycles. The lowest BCUT2D eigenvalue weighted by molar-refractivity contribution is 0.0531. The van der Waals surface area contributed by atoms with Gasteiger partial charge in [-0.15, -0.1) is 22.7 Å². The number of fused-ring (bicyclic) bond motifs is 1. The van der Waals surface area contributed by atoms with Gasteiger partial charge in [0.2, 0.25) is 0 Å². The van der Waals surface area contributed by atoms with E-state index >= 15 is 0 Å². The van der Waals surface area contributed by atoms with Gasteiger partial charge >= 0.3 is 11.9 Å². The number of hydrogen-bond acceptors (Lipinski definition) is 9. The number of carbonyl (C=O) groups is 3. The predicted molar refractivity (Wildman–Crippen MR) is 122 cm³/mol. The van der Waals surface area contributed by atoms with Gasteiger partial charge in [0.05, 0.1) is 25.0 Å². The van der Waals surface area contributed by atoms with Gasteiger partial charge in [0.15, 0.2) is 0 Å². The second kappa shape index (κ2) is 9.03. The number of nitrogens with two attached hydrogens (primary N) is 1. The number of nitrogens with one attached hydrogen (secondary N) is 1. The van der Waals surface area contributed by atoms with Gasteiger partial charge in [-0.3, -0.25) is 4.79 Å². The SMILES string of the molecule is CCOC(=O)c1sc(NC(=O)c2sc3nc(C(C)C)ccc3c2N)c(C(=O)OC)c1C. The van der Waals surface area contributed by atoms with Gasteiger partial charge in [-0.2, -0.15) is 0 Å². The highest BCUT2D eigenvalue weighted by atomic mass is 32.1. The van der Waals surface area contributed by atoms with Crippen LogP contribution < -0.4 is 11.1 Å². The van der Waals surface area contributed by atoms with Crippen molar-refractivity contribution in [1.82, 2.24) is 4.98 Å². The Labute approximate surface area is 187 Å². The van der Waals surface area contributed by atoms with Crippen LogP contribution in [0, 0.1) is 6.92 Å². The largest absolute Gasteiger partial charge is 0.465 e. The zero-order valence-electron chi connectivity index (χ0n) is 17.8. The van der Waals surface area contributed by atoms with Gasteiger partial charge in [-0.25, -0.2) is 14.6 Å². The number of nitrogens with zero attached hydrogens (tertiary/aromatic N) is 1. The summed E-state index contributed by atoms with van der Waals surface area (Å²) in [6.45, 7) is 7.55. The first-order valence-electron chi connectivity index (χ1n) is 9.58. The van der Waals surface area contributed by atoms with E-state index in [0.717, 1.165) is 17.0 Å². The van der Waals surface area contributed by atoms with Crippen LogP contribution in [0.4, 0.5) is 10.7 Å². The average Bonchev–Trinajstić information content (AvgIpc) is 3.24. The highest BCUT2D eigenvalue weighted by Gasteiger charge is 2.28. The van der Waals surface area contributed by atoms with Crippen LogP contribution in [0.5, 0.6) is 0 Å². The predicted octanol–water partition coefficient (Wildman–Crippen LogP) is 4.59. The third-order valence-corrected chi connectivity index (χ3v) is 6.94. The van der Waals surface area contributed by atoms with Crippen LogP contribution in [0.2, 0.25) is 0 Å². The van der Waals surface area contributed by atoms with E-state index in [9.17, 15) is 14.4 Å². The summed E-state index contributed by atoms with van der Waals surface area (Å²) >= 11 is 2.14. The van der Waals surface area contributed by atoms with Crippen LogP contribution in [-0.4, -0.2) is 36.5 Å². The lowest BCUT2D eigenvalue weighted by atomic mass is 10.1. The number of nitrogen functional groups attached to an aromatic ring is 1. The quantitative estimate of drug-likeness (QED) is 0.515. The molecule has 0 bridgehead atoms. The fourth-order valence-corrected chi connectivity index (χ4v) is 5.08. The Morgan fingerprint density at radius 1 is 1.16 bits per heavy atom. The standard InChI is InChI=1S/C21H23N3O5S2/c1-6-29-21(27)15-10(4)13(20(26)28-5)19(30-15)24-17(25)16-14(22)11-7-8-12(9(2)3)23-18(11)31-16/h7-9H,6,22H2,1-5H3,(H,24,25). The number of anilines is 2. The van der Waals surface area contributed by atoms with E-state index in [1.54, 1.807) is 13.8 Å². The Morgan fingerprint density at radius 2 is 1.87 bits per heavy atom. The lowest BCUT2D eigenvalue weighted by Crippen LogP contribution is -2.14. The van der Waals surface area contributed by atoms with E-state index in [1.165, 1.54) is 18.4 Å². The summed E-state index contributed by atoms with van der Waals surface area (Å²) in [6, 6.07) is 3.75. The molecule has 164 valence electrons. The Kier molecular flexibility index (Phi) is 6.61. The minimum atomic E-state index is -0.660. The second-order valence-corrected chi connectivity index (χ2v) is 9.03. The highest BCUT2D eigenvalue weighted by Crippen LogP contribution is 2.37. The molecule has 0 aliphatic carbocycles. The molecule has 0 fully saturated rings. The minimum Gasteiger partial charge on any atom is -0.465 e. The van der Waals surface area contributed by atoms with E-state index in [4.69, 9.17) is 15.2 Å². The molecule has 1 amide bonds. The van der Waals surface area contributed by atoms with Crippen molar-refractivity contribution in [2.24, 2.45) is 0 Å². The van der Waals surface area contributed by atoms with E-state index in [0.29, 0.717) is 21.5 Å². The molecule has 10 heteroatoms. The van der Waals surface area contributed by atoms with Gasteiger partial charge in [0, 0.05) is 11.1 Å². The second-order valence-electron chi connectivity index (χ2n) is 7.01. The fraction of sp³-hybridized carbons (Fsp3) is 0.333. The van der Waals surface area contributed by atoms with E-state index in [2.05, 4.69) is 10.3 Å². The number of hydrogen-bond donors (Lipinski definition) is 2. The van der Waals surface area contributed by atoms with Gasteiger partial charge in [0.1, 0.15) is 19.6 Å². The molecule has 0 saturated carbocycles. The number of esters is 2. The zero-order chi connectivity index (χ0) is 22.9. The molecule has 3 aromatic rings. The summed E-state index contributed by atoms with van der Waals surface area (Å²) in [7, 11) is 1.23. The fourth-order valence-electron chi connectivity index (χ4n) is 3.00. The van der Waals surface area contributed by atoms with Crippen LogP contribution in [0.3, 0.4) is 0 Å². The molecule has 0 spiro atoms. The Balaban J connectivity index is 2.01. The Morgan fingerprint density at radius 3 is 2.48 bits per heavy atom. The molecular formula is C21H23N3O5S2. The average molecular weight is 462 g/mol. The van der Waals surface area contributed by atoms with Crippen molar-refractivity contribution >= 4 is 61.4 Å². The van der Waals surface area contributed by atoms with Crippen LogP contribution in [0.15, 0.2) is 12.1 Å². The van der Waals surface area contributed by atoms with Crippen LogP contribution in [-0.2, 0) is 9.47 Å². The van der Waals surface area contributed by atoms with Crippen molar-refractivity contribution < 1.29 is 23.9 Å². The summed E-state index contributed by atoms with van der Waals surface area (Å²) in [5.41, 5.74) is 7.94. The molecule has 0 aliphatic heterocycles. The van der Waals surface area contributed by atoms with E-state index in [-0.39, 0.29) is 32.8 Å².